The summed E-state index contributed by atoms with van der Waals surface area (Å²) >= 11 is 0. The lowest BCUT2D eigenvalue weighted by Gasteiger charge is -2.24. The molecule has 4 aromatic heterocycles. The number of furan rings is 1. The van der Waals surface area contributed by atoms with Gasteiger partial charge in [0.15, 0.2) is 11.6 Å². The maximum absolute atomic E-state index is 12.8. The normalized spacial score (nSPS) is 12.5. The number of hydrogen-bond acceptors (Lipinski definition) is 7. The fourth-order valence-corrected chi connectivity index (χ4v) is 5.37. The van der Waals surface area contributed by atoms with Crippen LogP contribution in [0.1, 0.15) is 37.8 Å². The SMILES string of the molecule is Cc1occc1-c1nc(N)c(OC[C@H](Cc2c[nH]c3ccccc23)NC(=O)OC(C)(C)C)cc1-c1ccc2n[nH]c(C)c2c1. The lowest BCUT2D eigenvalue weighted by Crippen LogP contribution is -2.43. The second-order valence-electron chi connectivity index (χ2n) is 12.0. The van der Waals surface area contributed by atoms with E-state index in [2.05, 4.69) is 32.6 Å². The average Bonchev–Trinajstić information content (AvgIpc) is 3.69. The zero-order chi connectivity index (χ0) is 31.0. The van der Waals surface area contributed by atoms with Crippen molar-refractivity contribution in [3.05, 3.63) is 84.1 Å². The molecule has 0 aliphatic heterocycles. The first kappa shape index (κ1) is 28.9. The van der Waals surface area contributed by atoms with Gasteiger partial charge in [0, 0.05) is 39.3 Å². The van der Waals surface area contributed by atoms with Crippen molar-refractivity contribution in [1.29, 1.82) is 0 Å². The quantitative estimate of drug-likeness (QED) is 0.148. The highest BCUT2D eigenvalue weighted by atomic mass is 16.6. The molecule has 44 heavy (non-hydrogen) atoms. The minimum Gasteiger partial charge on any atom is -0.488 e. The number of ether oxygens (including phenoxy) is 2. The van der Waals surface area contributed by atoms with Crippen LogP contribution in [0.5, 0.6) is 5.75 Å². The molecule has 0 bridgehead atoms. The number of nitrogens with zero attached hydrogens (tertiary/aromatic N) is 2. The first-order chi connectivity index (χ1) is 21.1. The molecule has 0 radical (unpaired) electrons. The van der Waals surface area contributed by atoms with E-state index in [1.807, 2.05) is 83.3 Å². The number of aromatic amines is 2. The number of fused-ring (bicyclic) bond motifs is 2. The number of H-pyrrole nitrogens is 2. The van der Waals surface area contributed by atoms with Crippen LogP contribution in [0.2, 0.25) is 0 Å². The van der Waals surface area contributed by atoms with E-state index in [1.54, 1.807) is 6.26 Å². The van der Waals surface area contributed by atoms with Crippen molar-refractivity contribution in [2.75, 3.05) is 12.3 Å². The van der Waals surface area contributed by atoms with Crippen LogP contribution >= 0.6 is 0 Å². The van der Waals surface area contributed by atoms with Gasteiger partial charge >= 0.3 is 6.09 Å². The minimum absolute atomic E-state index is 0.133. The molecule has 0 saturated carbocycles. The molecule has 4 heterocycles. The zero-order valence-electron chi connectivity index (χ0n) is 25.4. The van der Waals surface area contributed by atoms with Crippen LogP contribution in [0, 0.1) is 13.8 Å². The first-order valence-corrected chi connectivity index (χ1v) is 14.5. The highest BCUT2D eigenvalue weighted by molar-refractivity contribution is 5.91. The van der Waals surface area contributed by atoms with Gasteiger partial charge < -0.3 is 29.9 Å². The van der Waals surface area contributed by atoms with Gasteiger partial charge in [-0.2, -0.15) is 5.10 Å². The van der Waals surface area contributed by atoms with Crippen molar-refractivity contribution in [2.45, 2.75) is 52.7 Å². The first-order valence-electron chi connectivity index (χ1n) is 14.5. The van der Waals surface area contributed by atoms with Gasteiger partial charge in [-0.25, -0.2) is 9.78 Å². The molecule has 0 aliphatic rings. The fraction of sp³-hybridized carbons (Fsp3) is 0.265. The number of aromatic nitrogens is 4. The second-order valence-corrected chi connectivity index (χ2v) is 12.0. The van der Waals surface area contributed by atoms with E-state index >= 15 is 0 Å². The number of carbonyl (C=O) groups is 1. The van der Waals surface area contributed by atoms with Gasteiger partial charge in [0.1, 0.15) is 18.0 Å². The van der Waals surface area contributed by atoms with E-state index in [9.17, 15) is 4.79 Å². The third-order valence-electron chi connectivity index (χ3n) is 7.49. The summed E-state index contributed by atoms with van der Waals surface area (Å²) < 4.78 is 17.5. The standard InChI is InChI=1S/C34H36N6O4/c1-19-26-15-21(10-11-29(26)40-39-19)27-16-30(32(35)38-31(27)24-12-13-42-20(24)2)43-18-23(37-33(41)44-34(3,4)5)14-22-17-36-28-9-7-6-8-25(22)28/h6-13,15-17,23,36H,14,18H2,1-5H3,(H2,35,38)(H,37,41)(H,39,40)/t23-/m0/s1. The summed E-state index contributed by atoms with van der Waals surface area (Å²) in [5.41, 5.74) is 13.1. The third kappa shape index (κ3) is 5.96. The molecule has 10 nitrogen and oxygen atoms in total. The number of amides is 1. The van der Waals surface area contributed by atoms with Crippen LogP contribution in [0.3, 0.4) is 0 Å². The molecule has 0 saturated heterocycles. The topological polar surface area (TPSA) is 144 Å². The maximum Gasteiger partial charge on any atom is 0.408 e. The van der Waals surface area contributed by atoms with Crippen molar-refractivity contribution in [2.24, 2.45) is 0 Å². The molecule has 1 amide bonds. The number of carbonyl (C=O) groups excluding carboxylic acids is 1. The Morgan fingerprint density at radius 1 is 1.07 bits per heavy atom. The zero-order valence-corrected chi connectivity index (χ0v) is 25.4. The summed E-state index contributed by atoms with van der Waals surface area (Å²) in [6, 6.07) is 17.5. The molecule has 5 N–H and O–H groups in total. The highest BCUT2D eigenvalue weighted by Gasteiger charge is 2.23. The van der Waals surface area contributed by atoms with Gasteiger partial charge in [-0.05, 0) is 82.5 Å². The van der Waals surface area contributed by atoms with Gasteiger partial charge in [-0.15, -0.1) is 0 Å². The number of aryl methyl sites for hydroxylation is 2. The van der Waals surface area contributed by atoms with Crippen LogP contribution in [-0.2, 0) is 11.2 Å². The summed E-state index contributed by atoms with van der Waals surface area (Å²) in [6.45, 7) is 9.50. The monoisotopic (exact) mass is 592 g/mol. The van der Waals surface area contributed by atoms with E-state index in [0.717, 1.165) is 55.5 Å². The summed E-state index contributed by atoms with van der Waals surface area (Å²) in [7, 11) is 0. The third-order valence-corrected chi connectivity index (χ3v) is 7.49. The summed E-state index contributed by atoms with van der Waals surface area (Å²) in [5, 5.41) is 12.5. The number of para-hydroxylation sites is 1. The second kappa shape index (κ2) is 11.4. The molecule has 10 heteroatoms. The van der Waals surface area contributed by atoms with Crippen molar-refractivity contribution in [3.63, 3.8) is 0 Å². The van der Waals surface area contributed by atoms with Crippen molar-refractivity contribution in [3.8, 4) is 28.1 Å². The van der Waals surface area contributed by atoms with Crippen LogP contribution < -0.4 is 15.8 Å². The summed E-state index contributed by atoms with van der Waals surface area (Å²) in [6.07, 6.45) is 3.58. The lowest BCUT2D eigenvalue weighted by atomic mass is 9.97. The maximum atomic E-state index is 12.8. The Hall–Kier alpha value is -5.25. The Morgan fingerprint density at radius 3 is 2.66 bits per heavy atom. The molecule has 0 spiro atoms. The van der Waals surface area contributed by atoms with Crippen molar-refractivity contribution >= 4 is 33.7 Å². The smallest absolute Gasteiger partial charge is 0.408 e. The largest absolute Gasteiger partial charge is 0.488 e. The molecule has 0 aliphatic carbocycles. The van der Waals surface area contributed by atoms with E-state index in [1.165, 1.54) is 0 Å². The molecular formula is C34H36N6O4. The van der Waals surface area contributed by atoms with E-state index in [4.69, 9.17) is 24.6 Å². The Morgan fingerprint density at radius 2 is 1.89 bits per heavy atom. The summed E-state index contributed by atoms with van der Waals surface area (Å²) in [4.78, 5) is 21.0. The number of benzene rings is 2. The minimum atomic E-state index is -0.644. The lowest BCUT2D eigenvalue weighted by molar-refractivity contribution is 0.0488. The van der Waals surface area contributed by atoms with E-state index in [0.29, 0.717) is 17.9 Å². The van der Waals surface area contributed by atoms with Gasteiger partial charge in [-0.3, -0.25) is 5.10 Å². The average molecular weight is 593 g/mol. The Kier molecular flexibility index (Phi) is 7.50. The predicted molar refractivity (Wildman–Crippen MR) is 172 cm³/mol. The van der Waals surface area contributed by atoms with Crippen molar-refractivity contribution in [1.82, 2.24) is 25.5 Å². The van der Waals surface area contributed by atoms with Crippen LogP contribution in [0.15, 0.2) is 71.5 Å². The van der Waals surface area contributed by atoms with Crippen LogP contribution in [0.4, 0.5) is 10.6 Å². The number of alkyl carbamates (subject to hydrolysis) is 1. The molecule has 0 fully saturated rings. The summed E-state index contributed by atoms with van der Waals surface area (Å²) in [5.74, 6) is 1.37. The number of hydrogen-bond donors (Lipinski definition) is 4. The number of pyridine rings is 1. The molecule has 1 atom stereocenters. The number of anilines is 1. The molecule has 2 aromatic carbocycles. The van der Waals surface area contributed by atoms with Gasteiger partial charge in [0.05, 0.1) is 23.5 Å². The molecule has 226 valence electrons. The molecule has 6 rings (SSSR count). The van der Waals surface area contributed by atoms with Gasteiger partial charge in [0.2, 0.25) is 0 Å². The van der Waals surface area contributed by atoms with Crippen molar-refractivity contribution < 1.29 is 18.7 Å². The van der Waals surface area contributed by atoms with E-state index in [-0.39, 0.29) is 12.4 Å². The Labute approximate surface area is 255 Å². The number of rotatable bonds is 8. The van der Waals surface area contributed by atoms with Crippen LogP contribution in [-0.4, -0.2) is 44.5 Å². The highest BCUT2D eigenvalue weighted by Crippen LogP contribution is 2.39. The Bertz CT molecular complexity index is 1960. The van der Waals surface area contributed by atoms with E-state index < -0.39 is 17.7 Å². The fourth-order valence-electron chi connectivity index (χ4n) is 5.37. The predicted octanol–water partition coefficient (Wildman–Crippen LogP) is 7.08. The molecular weight excluding hydrogens is 556 g/mol. The van der Waals surface area contributed by atoms with Gasteiger partial charge in [0.25, 0.3) is 0 Å². The number of nitrogens with two attached hydrogens (primary N) is 1. The number of nitrogens with one attached hydrogen (secondary N) is 3. The molecule has 0 unspecified atom stereocenters. The van der Waals surface area contributed by atoms with Gasteiger partial charge in [-0.1, -0.05) is 24.3 Å². The Balaban J connectivity index is 1.34. The van der Waals surface area contributed by atoms with Crippen LogP contribution in [0.25, 0.3) is 44.2 Å². The number of nitrogen functional groups attached to an aromatic ring is 1. The molecule has 6 aromatic rings.